The van der Waals surface area contributed by atoms with Gasteiger partial charge in [-0.05, 0) is 35.7 Å². The lowest BCUT2D eigenvalue weighted by molar-refractivity contribution is -0.104. The van der Waals surface area contributed by atoms with Crippen molar-refractivity contribution in [1.29, 1.82) is 0 Å². The molecular formula is C11H18OS. The van der Waals surface area contributed by atoms with Crippen LogP contribution in [0.5, 0.6) is 0 Å². The smallest absolute Gasteiger partial charge is 0.146 e. The number of hydrogen-bond donors (Lipinski definition) is 0. The fraction of sp³-hybridized carbons (Fsp3) is 0.545. The highest BCUT2D eigenvalue weighted by Crippen LogP contribution is 2.22. The Labute approximate surface area is 85.3 Å². The third kappa shape index (κ3) is 6.64. The number of allylic oxidation sites excluding steroid dienone is 3. The van der Waals surface area contributed by atoms with Crippen molar-refractivity contribution in [2.45, 2.75) is 40.0 Å². The van der Waals surface area contributed by atoms with E-state index in [4.69, 9.17) is 0 Å². The normalized spacial score (nSPS) is 13.2. The third-order valence-corrected chi connectivity index (χ3v) is 2.84. The average molecular weight is 198 g/mol. The molecule has 0 N–H and O–H groups in total. The van der Waals surface area contributed by atoms with Gasteiger partial charge in [-0.15, -0.1) is 11.8 Å². The second-order valence-electron chi connectivity index (χ2n) is 2.91. The Bertz CT molecular complexity index is 204. The van der Waals surface area contributed by atoms with E-state index in [-0.39, 0.29) is 0 Å². The summed E-state index contributed by atoms with van der Waals surface area (Å²) in [4.78, 5) is 11.7. The molecule has 0 aliphatic carbocycles. The lowest BCUT2D eigenvalue weighted by Crippen LogP contribution is -1.76. The number of aldehydes is 1. The van der Waals surface area contributed by atoms with Gasteiger partial charge in [-0.25, -0.2) is 0 Å². The molecular weight excluding hydrogens is 180 g/mol. The van der Waals surface area contributed by atoms with Crippen molar-refractivity contribution < 1.29 is 4.79 Å². The molecule has 0 unspecified atom stereocenters. The van der Waals surface area contributed by atoms with Crippen LogP contribution >= 0.6 is 11.8 Å². The summed E-state index contributed by atoms with van der Waals surface area (Å²) in [5.74, 6) is 0. The van der Waals surface area contributed by atoms with Gasteiger partial charge in [0.25, 0.3) is 0 Å². The molecule has 0 radical (unpaired) electrons. The summed E-state index contributed by atoms with van der Waals surface area (Å²) in [5.41, 5.74) is 0.792. The van der Waals surface area contributed by atoms with E-state index in [1.807, 2.05) is 12.3 Å². The molecule has 74 valence electrons. The van der Waals surface area contributed by atoms with E-state index in [9.17, 15) is 4.79 Å². The van der Waals surface area contributed by atoms with E-state index in [0.29, 0.717) is 0 Å². The van der Waals surface area contributed by atoms with E-state index in [1.165, 1.54) is 11.3 Å². The standard InChI is InChI=1S/C11H18OS/c1-4-6-7-11(5-2)13-9-10(3)8-12/h7-9H,4-6H2,1-3H3/b10-9+,11-7+. The summed E-state index contributed by atoms with van der Waals surface area (Å²) in [5, 5.41) is 1.91. The molecule has 0 amide bonds. The van der Waals surface area contributed by atoms with Gasteiger partial charge in [-0.1, -0.05) is 26.3 Å². The molecule has 0 saturated heterocycles. The molecule has 0 atom stereocenters. The van der Waals surface area contributed by atoms with Crippen LogP contribution in [0.25, 0.3) is 0 Å². The first-order valence-electron chi connectivity index (χ1n) is 4.72. The van der Waals surface area contributed by atoms with Crippen molar-refractivity contribution in [1.82, 2.24) is 0 Å². The first kappa shape index (κ1) is 12.5. The van der Waals surface area contributed by atoms with Crippen LogP contribution in [0.3, 0.4) is 0 Å². The van der Waals surface area contributed by atoms with Crippen LogP contribution in [0.4, 0.5) is 0 Å². The first-order chi connectivity index (χ1) is 6.24. The Morgan fingerprint density at radius 3 is 2.54 bits per heavy atom. The Balaban J connectivity index is 4.05. The maximum absolute atomic E-state index is 10.3. The minimum absolute atomic E-state index is 0.792. The van der Waals surface area contributed by atoms with Crippen LogP contribution in [0.2, 0.25) is 0 Å². The predicted molar refractivity (Wildman–Crippen MR) is 60.7 cm³/mol. The van der Waals surface area contributed by atoms with Crippen LogP contribution in [-0.4, -0.2) is 6.29 Å². The van der Waals surface area contributed by atoms with Crippen LogP contribution in [0.15, 0.2) is 22.0 Å². The van der Waals surface area contributed by atoms with Crippen molar-refractivity contribution in [2.24, 2.45) is 0 Å². The zero-order valence-corrected chi connectivity index (χ0v) is 9.49. The molecule has 0 aromatic rings. The topological polar surface area (TPSA) is 17.1 Å². The Morgan fingerprint density at radius 2 is 2.08 bits per heavy atom. The van der Waals surface area contributed by atoms with Gasteiger partial charge in [0.2, 0.25) is 0 Å². The van der Waals surface area contributed by atoms with E-state index < -0.39 is 0 Å². The molecule has 0 heterocycles. The molecule has 13 heavy (non-hydrogen) atoms. The van der Waals surface area contributed by atoms with E-state index in [1.54, 1.807) is 11.8 Å². The van der Waals surface area contributed by atoms with E-state index >= 15 is 0 Å². The second kappa shape index (κ2) is 8.11. The van der Waals surface area contributed by atoms with Gasteiger partial charge in [0.05, 0.1) is 0 Å². The second-order valence-corrected chi connectivity index (χ2v) is 3.91. The van der Waals surface area contributed by atoms with Gasteiger partial charge in [-0.3, -0.25) is 4.79 Å². The molecule has 0 aromatic carbocycles. The highest BCUT2D eigenvalue weighted by molar-refractivity contribution is 8.05. The maximum Gasteiger partial charge on any atom is 0.146 e. The van der Waals surface area contributed by atoms with Crippen LogP contribution in [0, 0.1) is 0 Å². The van der Waals surface area contributed by atoms with Crippen LogP contribution in [0.1, 0.15) is 40.0 Å². The summed E-state index contributed by atoms with van der Waals surface area (Å²) in [6.07, 6.45) is 6.50. The zero-order valence-electron chi connectivity index (χ0n) is 8.67. The number of carbonyl (C=O) groups is 1. The highest BCUT2D eigenvalue weighted by Gasteiger charge is 1.92. The molecule has 0 rings (SSSR count). The quantitative estimate of drug-likeness (QED) is 0.475. The van der Waals surface area contributed by atoms with Gasteiger partial charge in [0.15, 0.2) is 0 Å². The first-order valence-corrected chi connectivity index (χ1v) is 5.60. The average Bonchev–Trinajstić information content (AvgIpc) is 2.17. The largest absolute Gasteiger partial charge is 0.298 e. The fourth-order valence-corrected chi connectivity index (χ4v) is 1.55. The van der Waals surface area contributed by atoms with Crippen molar-refractivity contribution >= 4 is 18.0 Å². The Kier molecular flexibility index (Phi) is 7.80. The summed E-state index contributed by atoms with van der Waals surface area (Å²) in [6, 6.07) is 0. The molecule has 0 aliphatic heterocycles. The third-order valence-electron chi connectivity index (χ3n) is 1.59. The monoisotopic (exact) mass is 198 g/mol. The molecule has 0 aromatic heterocycles. The maximum atomic E-state index is 10.3. The molecule has 0 spiro atoms. The zero-order chi connectivity index (χ0) is 10.1. The summed E-state index contributed by atoms with van der Waals surface area (Å²) >= 11 is 1.66. The van der Waals surface area contributed by atoms with Gasteiger partial charge in [0.1, 0.15) is 6.29 Å². The molecule has 0 saturated carbocycles. The molecule has 0 fully saturated rings. The summed E-state index contributed by atoms with van der Waals surface area (Å²) in [7, 11) is 0. The Hall–Kier alpha value is -0.500. The van der Waals surface area contributed by atoms with Gasteiger partial charge < -0.3 is 0 Å². The van der Waals surface area contributed by atoms with Crippen molar-refractivity contribution in [3.05, 3.63) is 22.0 Å². The number of carbonyl (C=O) groups excluding carboxylic acids is 1. The SMILES string of the molecule is CCC/C=C(\CC)S/C=C(\C)C=O. The van der Waals surface area contributed by atoms with E-state index in [2.05, 4.69) is 19.9 Å². The number of rotatable bonds is 6. The highest BCUT2D eigenvalue weighted by atomic mass is 32.2. The number of unbranched alkanes of at least 4 members (excludes halogenated alkanes) is 1. The van der Waals surface area contributed by atoms with Gasteiger partial charge in [0, 0.05) is 0 Å². The minimum atomic E-state index is 0.792. The Morgan fingerprint density at radius 1 is 1.38 bits per heavy atom. The number of hydrogen-bond acceptors (Lipinski definition) is 2. The van der Waals surface area contributed by atoms with Crippen molar-refractivity contribution in [3.63, 3.8) is 0 Å². The lowest BCUT2D eigenvalue weighted by atomic mass is 10.3. The van der Waals surface area contributed by atoms with Crippen LogP contribution < -0.4 is 0 Å². The molecule has 0 aliphatic rings. The summed E-state index contributed by atoms with van der Waals surface area (Å²) in [6.45, 7) is 6.13. The fourth-order valence-electron chi connectivity index (χ4n) is 0.778. The van der Waals surface area contributed by atoms with Crippen molar-refractivity contribution in [3.8, 4) is 0 Å². The lowest BCUT2D eigenvalue weighted by Gasteiger charge is -1.99. The molecule has 1 nitrogen and oxygen atoms in total. The minimum Gasteiger partial charge on any atom is -0.298 e. The van der Waals surface area contributed by atoms with Gasteiger partial charge in [-0.2, -0.15) is 0 Å². The van der Waals surface area contributed by atoms with Crippen LogP contribution in [-0.2, 0) is 4.79 Å². The molecule has 2 heteroatoms. The van der Waals surface area contributed by atoms with Gasteiger partial charge >= 0.3 is 0 Å². The molecule has 0 bridgehead atoms. The van der Waals surface area contributed by atoms with Crippen molar-refractivity contribution in [2.75, 3.05) is 0 Å². The predicted octanol–water partition coefficient (Wildman–Crippen LogP) is 3.92. The van der Waals surface area contributed by atoms with E-state index in [0.717, 1.165) is 24.7 Å². The number of thioether (sulfide) groups is 1. The summed E-state index contributed by atoms with van der Waals surface area (Å²) < 4.78 is 0.